The van der Waals surface area contributed by atoms with E-state index in [4.69, 9.17) is 0 Å². The molecular weight excluding hydrogens is 195 g/mol. The summed E-state index contributed by atoms with van der Waals surface area (Å²) < 4.78 is 36.3. The Labute approximate surface area is 78.2 Å². The zero-order chi connectivity index (χ0) is 10.9. The fourth-order valence-electron chi connectivity index (χ4n) is 1.04. The molecule has 78 valence electrons. The summed E-state index contributed by atoms with van der Waals surface area (Å²) in [6.45, 7) is 4.90. The summed E-state index contributed by atoms with van der Waals surface area (Å²) in [6.07, 6.45) is -0.576. The van der Waals surface area contributed by atoms with Crippen molar-refractivity contribution in [2.45, 2.75) is 44.4 Å². The molecule has 0 radical (unpaired) electrons. The van der Waals surface area contributed by atoms with Crippen LogP contribution < -0.4 is 0 Å². The molecule has 0 amide bonds. The van der Waals surface area contributed by atoms with Crippen LogP contribution in [0.15, 0.2) is 0 Å². The molecule has 0 saturated heterocycles. The molecule has 1 unspecified atom stereocenters. The van der Waals surface area contributed by atoms with Crippen LogP contribution in [0.4, 0.5) is 4.39 Å². The second kappa shape index (κ2) is 3.74. The molecule has 0 rings (SSSR count). The van der Waals surface area contributed by atoms with Gasteiger partial charge in [-0.05, 0) is 27.7 Å². The number of rotatable bonds is 4. The predicted octanol–water partition coefficient (Wildman–Crippen LogP) is 1.47. The molecule has 1 atom stereocenters. The summed E-state index contributed by atoms with van der Waals surface area (Å²) in [5.74, 6) is -0.464. The summed E-state index contributed by atoms with van der Waals surface area (Å²) in [4.78, 5) is 10.6. The Bertz CT molecular complexity index is 291. The first kappa shape index (κ1) is 12.6. The minimum absolute atomic E-state index is 0.464. The molecule has 0 aliphatic rings. The van der Waals surface area contributed by atoms with Crippen molar-refractivity contribution < 1.29 is 17.6 Å². The van der Waals surface area contributed by atoms with E-state index >= 15 is 0 Å². The lowest BCUT2D eigenvalue weighted by Crippen LogP contribution is -2.37. The molecule has 13 heavy (non-hydrogen) atoms. The average molecular weight is 210 g/mol. The Morgan fingerprint density at radius 1 is 1.46 bits per heavy atom. The van der Waals surface area contributed by atoms with E-state index < -0.39 is 32.3 Å². The van der Waals surface area contributed by atoms with E-state index in [0.717, 1.165) is 6.92 Å². The Morgan fingerprint density at radius 3 is 2.08 bits per heavy atom. The standard InChI is InChI=1S/C8H15FO3S/c1-6(2)13(11,12)8(4,9)5-7(3)10/h6H,5H2,1-4H3. The third-order valence-electron chi connectivity index (χ3n) is 1.78. The summed E-state index contributed by atoms with van der Waals surface area (Å²) in [5, 5.41) is -3.24. The van der Waals surface area contributed by atoms with Crippen LogP contribution in [-0.4, -0.2) is 24.5 Å². The molecule has 0 aromatic carbocycles. The second-order valence-corrected chi connectivity index (χ2v) is 6.46. The van der Waals surface area contributed by atoms with Gasteiger partial charge >= 0.3 is 0 Å². The van der Waals surface area contributed by atoms with E-state index in [-0.39, 0.29) is 0 Å². The molecule has 0 N–H and O–H groups in total. The van der Waals surface area contributed by atoms with Crippen molar-refractivity contribution in [3.05, 3.63) is 0 Å². The van der Waals surface area contributed by atoms with Crippen molar-refractivity contribution in [1.29, 1.82) is 0 Å². The van der Waals surface area contributed by atoms with Gasteiger partial charge in [-0.25, -0.2) is 12.8 Å². The maximum absolute atomic E-state index is 13.6. The number of halogens is 1. The van der Waals surface area contributed by atoms with Crippen molar-refractivity contribution in [3.8, 4) is 0 Å². The first-order chi connectivity index (χ1) is 5.61. The van der Waals surface area contributed by atoms with Crippen LogP contribution in [0.1, 0.15) is 34.1 Å². The highest BCUT2D eigenvalue weighted by Gasteiger charge is 2.42. The Morgan fingerprint density at radius 2 is 1.85 bits per heavy atom. The van der Waals surface area contributed by atoms with Gasteiger partial charge in [-0.3, -0.25) is 4.79 Å². The monoisotopic (exact) mass is 210 g/mol. The number of hydrogen-bond acceptors (Lipinski definition) is 3. The van der Waals surface area contributed by atoms with E-state index in [1.807, 2.05) is 0 Å². The normalized spacial score (nSPS) is 17.1. The summed E-state index contributed by atoms with van der Waals surface area (Å²) >= 11 is 0. The van der Waals surface area contributed by atoms with E-state index in [0.29, 0.717) is 0 Å². The zero-order valence-corrected chi connectivity index (χ0v) is 9.11. The molecule has 5 heteroatoms. The Balaban J connectivity index is 4.94. The van der Waals surface area contributed by atoms with Gasteiger partial charge in [-0.15, -0.1) is 0 Å². The number of sulfone groups is 1. The van der Waals surface area contributed by atoms with Crippen molar-refractivity contribution in [3.63, 3.8) is 0 Å². The summed E-state index contributed by atoms with van der Waals surface area (Å²) in [7, 11) is -3.86. The molecule has 0 saturated carbocycles. The number of hydrogen-bond donors (Lipinski definition) is 0. The fraction of sp³-hybridized carbons (Fsp3) is 0.875. The lowest BCUT2D eigenvalue weighted by Gasteiger charge is -2.21. The van der Waals surface area contributed by atoms with Crippen LogP contribution in [0.25, 0.3) is 0 Å². The predicted molar refractivity (Wildman–Crippen MR) is 48.9 cm³/mol. The number of carbonyl (C=O) groups is 1. The summed E-state index contributed by atoms with van der Waals surface area (Å²) in [5.41, 5.74) is 0. The van der Waals surface area contributed by atoms with Gasteiger partial charge in [-0.2, -0.15) is 0 Å². The zero-order valence-electron chi connectivity index (χ0n) is 8.30. The smallest absolute Gasteiger partial charge is 0.215 e. The Kier molecular flexibility index (Phi) is 3.61. The van der Waals surface area contributed by atoms with Gasteiger partial charge < -0.3 is 0 Å². The van der Waals surface area contributed by atoms with Crippen LogP contribution in [0.3, 0.4) is 0 Å². The minimum Gasteiger partial charge on any atom is -0.300 e. The lowest BCUT2D eigenvalue weighted by molar-refractivity contribution is -0.118. The Hall–Kier alpha value is -0.450. The quantitative estimate of drug-likeness (QED) is 0.706. The first-order valence-electron chi connectivity index (χ1n) is 4.03. The highest BCUT2D eigenvalue weighted by Crippen LogP contribution is 2.27. The molecule has 0 bridgehead atoms. The van der Waals surface area contributed by atoms with E-state index in [1.165, 1.54) is 20.8 Å². The largest absolute Gasteiger partial charge is 0.300 e. The maximum atomic E-state index is 13.6. The highest BCUT2D eigenvalue weighted by molar-refractivity contribution is 7.93. The van der Waals surface area contributed by atoms with Crippen LogP contribution in [0.2, 0.25) is 0 Å². The number of ketones is 1. The van der Waals surface area contributed by atoms with Gasteiger partial charge in [0.25, 0.3) is 0 Å². The van der Waals surface area contributed by atoms with Crippen LogP contribution in [0.5, 0.6) is 0 Å². The molecule has 0 aliphatic heterocycles. The molecule has 3 nitrogen and oxygen atoms in total. The van der Waals surface area contributed by atoms with E-state index in [2.05, 4.69) is 0 Å². The maximum Gasteiger partial charge on any atom is 0.215 e. The molecule has 0 aromatic heterocycles. The van der Waals surface area contributed by atoms with Crippen molar-refractivity contribution in [1.82, 2.24) is 0 Å². The van der Waals surface area contributed by atoms with Gasteiger partial charge in [0.05, 0.1) is 11.7 Å². The lowest BCUT2D eigenvalue weighted by atomic mass is 10.2. The van der Waals surface area contributed by atoms with Crippen LogP contribution in [0, 0.1) is 0 Å². The van der Waals surface area contributed by atoms with E-state index in [9.17, 15) is 17.6 Å². The molecular formula is C8H15FO3S. The minimum atomic E-state index is -3.86. The average Bonchev–Trinajstić information content (AvgIpc) is 1.83. The third kappa shape index (κ3) is 2.76. The first-order valence-corrected chi connectivity index (χ1v) is 5.57. The second-order valence-electron chi connectivity index (χ2n) is 3.57. The number of alkyl halides is 1. The highest BCUT2D eigenvalue weighted by atomic mass is 32.2. The van der Waals surface area contributed by atoms with Gasteiger partial charge in [0.15, 0.2) is 9.84 Å². The summed E-state index contributed by atoms with van der Waals surface area (Å²) in [6, 6.07) is 0. The topological polar surface area (TPSA) is 51.2 Å². The number of Topliss-reactive ketones (excluding diaryl/α,β-unsaturated/α-hetero) is 1. The molecule has 0 fully saturated rings. The van der Waals surface area contributed by atoms with Gasteiger partial charge in [0.2, 0.25) is 5.00 Å². The van der Waals surface area contributed by atoms with Crippen LogP contribution >= 0.6 is 0 Å². The van der Waals surface area contributed by atoms with E-state index in [1.54, 1.807) is 0 Å². The van der Waals surface area contributed by atoms with Gasteiger partial charge in [-0.1, -0.05) is 0 Å². The van der Waals surface area contributed by atoms with Crippen molar-refractivity contribution in [2.24, 2.45) is 0 Å². The fourth-order valence-corrected chi connectivity index (χ4v) is 2.42. The molecule has 0 spiro atoms. The van der Waals surface area contributed by atoms with Crippen LogP contribution in [-0.2, 0) is 14.6 Å². The van der Waals surface area contributed by atoms with Gasteiger partial charge in [0, 0.05) is 0 Å². The number of carbonyl (C=O) groups excluding carboxylic acids is 1. The van der Waals surface area contributed by atoms with Crippen molar-refractivity contribution in [2.75, 3.05) is 0 Å². The molecule has 0 aliphatic carbocycles. The van der Waals surface area contributed by atoms with Gasteiger partial charge in [0.1, 0.15) is 5.78 Å². The van der Waals surface area contributed by atoms with Crippen molar-refractivity contribution >= 4 is 15.6 Å². The molecule has 0 aromatic rings. The third-order valence-corrected chi connectivity index (χ3v) is 4.35. The SMILES string of the molecule is CC(=O)CC(C)(F)S(=O)(=O)C(C)C. The molecule has 0 heterocycles.